The quantitative estimate of drug-likeness (QED) is 0.587. The van der Waals surface area contributed by atoms with E-state index in [-0.39, 0.29) is 5.56 Å². The number of aromatic amines is 1. The molecule has 4 atom stereocenters. The van der Waals surface area contributed by atoms with Crippen LogP contribution in [0.3, 0.4) is 0 Å². The van der Waals surface area contributed by atoms with Gasteiger partial charge in [-0.3, -0.25) is 14.3 Å². The van der Waals surface area contributed by atoms with E-state index in [0.29, 0.717) is 13.0 Å². The fraction of sp³-hybridized carbons (Fsp3) is 0.625. The van der Waals surface area contributed by atoms with Crippen molar-refractivity contribution < 1.29 is 14.6 Å². The summed E-state index contributed by atoms with van der Waals surface area (Å²) in [6, 6.07) is 0. The molecule has 3 heterocycles. The molecule has 0 saturated carbocycles. The largest absolute Gasteiger partial charge is 0.387 e. The van der Waals surface area contributed by atoms with Crippen molar-refractivity contribution in [2.75, 3.05) is 6.61 Å². The van der Waals surface area contributed by atoms with Crippen molar-refractivity contribution >= 4 is 8.07 Å². The lowest BCUT2D eigenvalue weighted by Crippen LogP contribution is -2.41. The molecule has 24 heavy (non-hydrogen) atoms. The number of fused-ring (bicyclic) bond motifs is 2. The number of H-pyrrole nitrogens is 1. The van der Waals surface area contributed by atoms with Crippen molar-refractivity contribution in [3.8, 4) is 11.5 Å². The summed E-state index contributed by atoms with van der Waals surface area (Å²) >= 11 is 0. The third-order valence-corrected chi connectivity index (χ3v) is 5.29. The van der Waals surface area contributed by atoms with Gasteiger partial charge in [-0.25, -0.2) is 4.79 Å². The Balaban J connectivity index is 2.02. The Labute approximate surface area is 140 Å². The van der Waals surface area contributed by atoms with Gasteiger partial charge < -0.3 is 14.6 Å². The van der Waals surface area contributed by atoms with E-state index in [9.17, 15) is 14.7 Å². The molecule has 0 amide bonds. The minimum Gasteiger partial charge on any atom is -0.387 e. The zero-order valence-corrected chi connectivity index (χ0v) is 15.3. The summed E-state index contributed by atoms with van der Waals surface area (Å²) in [5, 5.41) is 10.4. The van der Waals surface area contributed by atoms with Crippen molar-refractivity contribution in [1.29, 1.82) is 0 Å². The van der Waals surface area contributed by atoms with Crippen LogP contribution in [0.5, 0.6) is 0 Å². The molecule has 2 fully saturated rings. The van der Waals surface area contributed by atoms with Crippen LogP contribution in [0, 0.1) is 11.5 Å². The SMILES string of the molecule is CC[C@@]12CO[C@H](C1O)[C@H](n1cc(C#C[Si](C)(C)C)c(=O)[nH]c1=O)O2. The molecule has 2 bridgehead atoms. The molecule has 3 rings (SSSR count). The summed E-state index contributed by atoms with van der Waals surface area (Å²) in [7, 11) is -1.66. The van der Waals surface area contributed by atoms with Crippen molar-refractivity contribution in [2.45, 2.75) is 57.0 Å². The summed E-state index contributed by atoms with van der Waals surface area (Å²) in [5.41, 5.74) is 1.41. The summed E-state index contributed by atoms with van der Waals surface area (Å²) < 4.78 is 12.8. The van der Waals surface area contributed by atoms with E-state index in [1.165, 1.54) is 10.8 Å². The van der Waals surface area contributed by atoms with Crippen LogP contribution in [-0.4, -0.2) is 47.1 Å². The van der Waals surface area contributed by atoms with E-state index >= 15 is 0 Å². The molecule has 0 aliphatic carbocycles. The van der Waals surface area contributed by atoms with Crippen LogP contribution in [0.1, 0.15) is 25.1 Å². The Morgan fingerprint density at radius 2 is 2.17 bits per heavy atom. The lowest BCUT2D eigenvalue weighted by Gasteiger charge is -2.30. The molecule has 0 spiro atoms. The second-order valence-corrected chi connectivity index (χ2v) is 12.1. The molecule has 8 heteroatoms. The van der Waals surface area contributed by atoms with Crippen molar-refractivity contribution in [1.82, 2.24) is 9.55 Å². The molecule has 0 radical (unpaired) electrons. The zero-order chi connectivity index (χ0) is 17.7. The van der Waals surface area contributed by atoms with E-state index in [4.69, 9.17) is 9.47 Å². The van der Waals surface area contributed by atoms with Gasteiger partial charge in [0, 0.05) is 6.20 Å². The number of aromatic nitrogens is 2. The molecule has 1 aromatic rings. The van der Waals surface area contributed by atoms with Crippen molar-refractivity contribution in [3.63, 3.8) is 0 Å². The Morgan fingerprint density at radius 3 is 2.75 bits per heavy atom. The second-order valence-electron chi connectivity index (χ2n) is 7.36. The molecule has 1 unspecified atom stereocenters. The lowest BCUT2D eigenvalue weighted by molar-refractivity contribution is -0.175. The first kappa shape index (κ1) is 17.2. The van der Waals surface area contributed by atoms with Gasteiger partial charge in [0.05, 0.1) is 6.61 Å². The van der Waals surface area contributed by atoms with E-state index in [1.807, 2.05) is 6.92 Å². The third kappa shape index (κ3) is 2.78. The molecule has 1 aromatic heterocycles. The zero-order valence-electron chi connectivity index (χ0n) is 14.3. The van der Waals surface area contributed by atoms with E-state index in [1.54, 1.807) is 0 Å². The molecule has 2 saturated heterocycles. The van der Waals surface area contributed by atoms with Gasteiger partial charge in [0.1, 0.15) is 31.4 Å². The van der Waals surface area contributed by atoms with Crippen LogP contribution < -0.4 is 11.2 Å². The maximum absolute atomic E-state index is 12.2. The number of aliphatic hydroxyl groups excluding tert-OH is 1. The Bertz CT molecular complexity index is 828. The second kappa shape index (κ2) is 5.70. The van der Waals surface area contributed by atoms with Gasteiger partial charge >= 0.3 is 5.69 Å². The van der Waals surface area contributed by atoms with Gasteiger partial charge in [0.25, 0.3) is 5.56 Å². The lowest BCUT2D eigenvalue weighted by atomic mass is 9.96. The number of hydrogen-bond acceptors (Lipinski definition) is 5. The maximum atomic E-state index is 12.2. The molecule has 130 valence electrons. The van der Waals surface area contributed by atoms with Gasteiger partial charge in [-0.1, -0.05) is 32.5 Å². The molecule has 2 N–H and O–H groups in total. The minimum absolute atomic E-state index is 0.212. The third-order valence-electron chi connectivity index (χ3n) is 4.42. The van der Waals surface area contributed by atoms with Crippen LogP contribution in [0.25, 0.3) is 0 Å². The number of ether oxygens (including phenoxy) is 2. The number of nitrogens with zero attached hydrogens (tertiary/aromatic N) is 1. The maximum Gasteiger partial charge on any atom is 0.330 e. The Morgan fingerprint density at radius 1 is 1.46 bits per heavy atom. The first-order valence-corrected chi connectivity index (χ1v) is 11.5. The minimum atomic E-state index is -1.66. The van der Waals surface area contributed by atoms with Gasteiger partial charge in [-0.2, -0.15) is 0 Å². The first-order valence-electron chi connectivity index (χ1n) is 8.03. The van der Waals surface area contributed by atoms with Crippen LogP contribution in [-0.2, 0) is 9.47 Å². The molecular formula is C16H22N2O5Si. The Hall–Kier alpha value is -1.66. The molecule has 2 aliphatic rings. The Kier molecular flexibility index (Phi) is 4.08. The van der Waals surface area contributed by atoms with Crippen LogP contribution in [0.2, 0.25) is 19.6 Å². The van der Waals surface area contributed by atoms with Gasteiger partial charge in [0.15, 0.2) is 6.23 Å². The summed E-state index contributed by atoms with van der Waals surface area (Å²) in [6.07, 6.45) is -0.236. The van der Waals surface area contributed by atoms with E-state index < -0.39 is 43.4 Å². The number of nitrogens with one attached hydrogen (secondary N) is 1. The van der Waals surface area contributed by atoms with Crippen LogP contribution in [0.4, 0.5) is 0 Å². The summed E-state index contributed by atoms with van der Waals surface area (Å²) in [5.74, 6) is 2.87. The number of hydrogen-bond donors (Lipinski definition) is 2. The van der Waals surface area contributed by atoms with E-state index in [2.05, 4.69) is 36.1 Å². The molecule has 2 aliphatic heterocycles. The highest BCUT2D eigenvalue weighted by Crippen LogP contribution is 2.46. The highest BCUT2D eigenvalue weighted by molar-refractivity contribution is 6.83. The predicted molar refractivity (Wildman–Crippen MR) is 90.4 cm³/mol. The fourth-order valence-corrected chi connectivity index (χ4v) is 3.50. The standard InChI is InChI=1S/C16H22N2O5Si/c1-5-16-9-22-11(12(16)19)14(23-16)18-8-10(6-7-24(2,3)4)13(20)17-15(18)21/h8,11-12,14,19H,5,9H2,1-4H3,(H,17,20,21)/t11-,12?,14-,16-/m1/s1. The van der Waals surface area contributed by atoms with Gasteiger partial charge in [-0.05, 0) is 6.42 Å². The van der Waals surface area contributed by atoms with Gasteiger partial charge in [-0.15, -0.1) is 5.54 Å². The number of aliphatic hydroxyl groups is 1. The topological polar surface area (TPSA) is 93.5 Å². The van der Waals surface area contributed by atoms with Crippen LogP contribution in [0.15, 0.2) is 15.8 Å². The predicted octanol–water partition coefficient (Wildman–Crippen LogP) is 0.203. The van der Waals surface area contributed by atoms with Crippen molar-refractivity contribution in [2.24, 2.45) is 0 Å². The van der Waals surface area contributed by atoms with Crippen molar-refractivity contribution in [3.05, 3.63) is 32.6 Å². The number of rotatable bonds is 2. The first-order chi connectivity index (χ1) is 11.2. The average Bonchev–Trinajstić information content (AvgIpc) is 2.96. The molecule has 7 nitrogen and oxygen atoms in total. The fourth-order valence-electron chi connectivity index (χ4n) is 2.99. The summed E-state index contributed by atoms with van der Waals surface area (Å²) in [4.78, 5) is 26.5. The normalized spacial score (nSPS) is 31.8. The smallest absolute Gasteiger partial charge is 0.330 e. The van der Waals surface area contributed by atoms with Gasteiger partial charge in [0.2, 0.25) is 0 Å². The average molecular weight is 350 g/mol. The highest BCUT2D eigenvalue weighted by Gasteiger charge is 2.60. The van der Waals surface area contributed by atoms with Crippen LogP contribution >= 0.6 is 0 Å². The molecule has 0 aromatic carbocycles. The molecular weight excluding hydrogens is 328 g/mol. The monoisotopic (exact) mass is 350 g/mol. The highest BCUT2D eigenvalue weighted by atomic mass is 28.3. The summed E-state index contributed by atoms with van der Waals surface area (Å²) in [6.45, 7) is 8.40. The van der Waals surface area contributed by atoms with E-state index in [0.717, 1.165) is 0 Å².